The molecule has 0 heterocycles. The number of benzene rings is 1. The second kappa shape index (κ2) is 9.22. The molecule has 0 spiro atoms. The molecule has 0 aliphatic rings. The Hall–Kier alpha value is -0.730. The quantitative estimate of drug-likeness (QED) is 0.719. The summed E-state index contributed by atoms with van der Waals surface area (Å²) in [6, 6.07) is 6.45. The lowest BCUT2D eigenvalue weighted by Crippen LogP contribution is -2.25. The molecule has 0 aliphatic carbocycles. The molecule has 0 saturated heterocycles. The van der Waals surface area contributed by atoms with Gasteiger partial charge in [-0.05, 0) is 37.6 Å². The number of nitrogens with zero attached hydrogens (tertiary/aromatic N) is 1. The second-order valence-electron chi connectivity index (χ2n) is 5.00. The summed E-state index contributed by atoms with van der Waals surface area (Å²) in [6.07, 6.45) is 4.93. The fourth-order valence-electron chi connectivity index (χ4n) is 2.13. The Morgan fingerprint density at radius 3 is 2.21 bits per heavy atom. The van der Waals surface area contributed by atoms with E-state index in [1.165, 1.54) is 36.9 Å². The number of anilines is 1. The highest BCUT2D eigenvalue weighted by Gasteiger charge is 2.08. The maximum atomic E-state index is 6.35. The number of rotatable bonds is 9. The molecule has 0 unspecified atom stereocenters. The molecule has 1 rings (SSSR count). The number of hydrogen-bond donors (Lipinski definition) is 1. The molecule has 0 radical (unpaired) electrons. The van der Waals surface area contributed by atoms with Crippen LogP contribution in [-0.2, 0) is 6.54 Å². The van der Waals surface area contributed by atoms with Crippen molar-refractivity contribution < 1.29 is 0 Å². The molecule has 1 aromatic rings. The molecule has 1 aromatic carbocycles. The van der Waals surface area contributed by atoms with Gasteiger partial charge in [0, 0.05) is 30.3 Å². The minimum Gasteiger partial charge on any atom is -0.371 e. The first-order valence-electron chi connectivity index (χ1n) is 7.40. The SMILES string of the molecule is CCCCN(CCCC)c1ccc(CNC)c(Cl)c1. The van der Waals surface area contributed by atoms with Gasteiger partial charge in [0.25, 0.3) is 0 Å². The maximum absolute atomic E-state index is 6.35. The first-order valence-corrected chi connectivity index (χ1v) is 7.78. The van der Waals surface area contributed by atoms with Crippen LogP contribution in [0.5, 0.6) is 0 Å². The maximum Gasteiger partial charge on any atom is 0.0471 e. The predicted octanol–water partition coefficient (Wildman–Crippen LogP) is 4.47. The van der Waals surface area contributed by atoms with Crippen LogP contribution in [0.3, 0.4) is 0 Å². The Labute approximate surface area is 123 Å². The third-order valence-corrected chi connectivity index (χ3v) is 3.68. The van der Waals surface area contributed by atoms with Gasteiger partial charge in [-0.25, -0.2) is 0 Å². The molecule has 0 amide bonds. The van der Waals surface area contributed by atoms with E-state index in [1.54, 1.807) is 0 Å². The zero-order chi connectivity index (χ0) is 14.1. The van der Waals surface area contributed by atoms with E-state index in [0.717, 1.165) is 24.7 Å². The van der Waals surface area contributed by atoms with Crippen LogP contribution in [0.2, 0.25) is 5.02 Å². The van der Waals surface area contributed by atoms with Gasteiger partial charge in [0.2, 0.25) is 0 Å². The molecule has 1 N–H and O–H groups in total. The second-order valence-corrected chi connectivity index (χ2v) is 5.41. The summed E-state index contributed by atoms with van der Waals surface area (Å²) in [6.45, 7) is 7.54. The van der Waals surface area contributed by atoms with Gasteiger partial charge < -0.3 is 10.2 Å². The number of halogens is 1. The summed E-state index contributed by atoms with van der Waals surface area (Å²) in [7, 11) is 1.94. The van der Waals surface area contributed by atoms with E-state index in [1.807, 2.05) is 7.05 Å². The van der Waals surface area contributed by atoms with Crippen LogP contribution in [0.1, 0.15) is 45.1 Å². The third kappa shape index (κ3) is 5.42. The van der Waals surface area contributed by atoms with Crippen molar-refractivity contribution in [3.63, 3.8) is 0 Å². The van der Waals surface area contributed by atoms with E-state index in [-0.39, 0.29) is 0 Å². The summed E-state index contributed by atoms with van der Waals surface area (Å²) < 4.78 is 0. The predicted molar refractivity (Wildman–Crippen MR) is 86.2 cm³/mol. The van der Waals surface area contributed by atoms with Crippen LogP contribution >= 0.6 is 11.6 Å². The molecular formula is C16H27ClN2. The van der Waals surface area contributed by atoms with E-state index in [9.17, 15) is 0 Å². The molecule has 0 bridgehead atoms. The highest BCUT2D eigenvalue weighted by Crippen LogP contribution is 2.24. The van der Waals surface area contributed by atoms with Gasteiger partial charge in [-0.15, -0.1) is 0 Å². The molecule has 3 heteroatoms. The van der Waals surface area contributed by atoms with E-state index in [2.05, 4.69) is 42.3 Å². The average Bonchev–Trinajstić information content (AvgIpc) is 2.41. The Morgan fingerprint density at radius 2 is 1.74 bits per heavy atom. The van der Waals surface area contributed by atoms with Crippen LogP contribution in [0.25, 0.3) is 0 Å². The van der Waals surface area contributed by atoms with Crippen LogP contribution < -0.4 is 10.2 Å². The molecule has 0 atom stereocenters. The van der Waals surface area contributed by atoms with Gasteiger partial charge in [0.1, 0.15) is 0 Å². The fourth-order valence-corrected chi connectivity index (χ4v) is 2.38. The lowest BCUT2D eigenvalue weighted by molar-refractivity contribution is 0.678. The van der Waals surface area contributed by atoms with Crippen LogP contribution in [0.15, 0.2) is 18.2 Å². The minimum atomic E-state index is 0.822. The van der Waals surface area contributed by atoms with Gasteiger partial charge in [0.15, 0.2) is 0 Å². The van der Waals surface area contributed by atoms with Crippen molar-refractivity contribution in [2.45, 2.75) is 46.1 Å². The number of unbranched alkanes of at least 4 members (excludes halogenated alkanes) is 2. The molecule has 2 nitrogen and oxygen atoms in total. The van der Waals surface area contributed by atoms with E-state index >= 15 is 0 Å². The number of nitrogens with one attached hydrogen (secondary N) is 1. The Morgan fingerprint density at radius 1 is 1.11 bits per heavy atom. The van der Waals surface area contributed by atoms with Gasteiger partial charge in [-0.2, -0.15) is 0 Å². The van der Waals surface area contributed by atoms with Crippen molar-refractivity contribution in [2.75, 3.05) is 25.0 Å². The van der Waals surface area contributed by atoms with Crippen LogP contribution in [0.4, 0.5) is 5.69 Å². The van der Waals surface area contributed by atoms with Crippen molar-refractivity contribution in [1.82, 2.24) is 5.32 Å². The standard InChI is InChI=1S/C16H27ClN2/c1-4-6-10-19(11-7-5-2)15-9-8-14(13-18-3)16(17)12-15/h8-9,12,18H,4-7,10-11,13H2,1-3H3. The zero-order valence-electron chi connectivity index (χ0n) is 12.5. The number of hydrogen-bond acceptors (Lipinski definition) is 2. The largest absolute Gasteiger partial charge is 0.371 e. The smallest absolute Gasteiger partial charge is 0.0471 e. The van der Waals surface area contributed by atoms with E-state index in [0.29, 0.717) is 0 Å². The molecule has 0 aliphatic heterocycles. The van der Waals surface area contributed by atoms with Gasteiger partial charge in [-0.1, -0.05) is 44.4 Å². The van der Waals surface area contributed by atoms with Crippen molar-refractivity contribution in [3.05, 3.63) is 28.8 Å². The molecule has 0 saturated carbocycles. The first-order chi connectivity index (χ1) is 9.22. The summed E-state index contributed by atoms with van der Waals surface area (Å²) in [4.78, 5) is 2.46. The summed E-state index contributed by atoms with van der Waals surface area (Å²) >= 11 is 6.35. The van der Waals surface area contributed by atoms with Crippen molar-refractivity contribution >= 4 is 17.3 Å². The monoisotopic (exact) mass is 282 g/mol. The normalized spacial score (nSPS) is 10.7. The summed E-state index contributed by atoms with van der Waals surface area (Å²) in [5, 5.41) is 4.01. The lowest BCUT2D eigenvalue weighted by Gasteiger charge is -2.25. The molecule has 0 fully saturated rings. The summed E-state index contributed by atoms with van der Waals surface area (Å²) in [5.74, 6) is 0. The highest BCUT2D eigenvalue weighted by atomic mass is 35.5. The van der Waals surface area contributed by atoms with E-state index < -0.39 is 0 Å². The molecule has 108 valence electrons. The van der Waals surface area contributed by atoms with Crippen molar-refractivity contribution in [2.24, 2.45) is 0 Å². The highest BCUT2D eigenvalue weighted by molar-refractivity contribution is 6.31. The fraction of sp³-hybridized carbons (Fsp3) is 0.625. The molecule has 0 aromatic heterocycles. The van der Waals surface area contributed by atoms with Crippen LogP contribution in [-0.4, -0.2) is 20.1 Å². The Bertz CT molecular complexity index is 358. The van der Waals surface area contributed by atoms with Crippen molar-refractivity contribution in [1.29, 1.82) is 0 Å². The first kappa shape index (κ1) is 16.3. The minimum absolute atomic E-state index is 0.822. The summed E-state index contributed by atoms with van der Waals surface area (Å²) in [5.41, 5.74) is 2.42. The lowest BCUT2D eigenvalue weighted by atomic mass is 10.1. The van der Waals surface area contributed by atoms with Crippen LogP contribution in [0, 0.1) is 0 Å². The van der Waals surface area contributed by atoms with Crippen molar-refractivity contribution in [3.8, 4) is 0 Å². The Kier molecular flexibility index (Phi) is 7.92. The molecule has 19 heavy (non-hydrogen) atoms. The average molecular weight is 283 g/mol. The third-order valence-electron chi connectivity index (χ3n) is 3.33. The topological polar surface area (TPSA) is 15.3 Å². The zero-order valence-corrected chi connectivity index (χ0v) is 13.3. The molecular weight excluding hydrogens is 256 g/mol. The van der Waals surface area contributed by atoms with Gasteiger partial charge in [0.05, 0.1) is 0 Å². The van der Waals surface area contributed by atoms with Gasteiger partial charge >= 0.3 is 0 Å². The van der Waals surface area contributed by atoms with E-state index in [4.69, 9.17) is 11.6 Å². The Balaban J connectivity index is 2.79. The van der Waals surface area contributed by atoms with Gasteiger partial charge in [-0.3, -0.25) is 0 Å².